The van der Waals surface area contributed by atoms with Gasteiger partial charge < -0.3 is 9.47 Å². The molecular weight excluding hydrogens is 308 g/mol. The maximum absolute atomic E-state index is 12.7. The highest BCUT2D eigenvalue weighted by atomic mass is 32.1. The molecule has 3 rings (SSSR count). The summed E-state index contributed by atoms with van der Waals surface area (Å²) < 4.78 is 1.87. The molecule has 1 aliphatic rings. The van der Waals surface area contributed by atoms with E-state index in [1.54, 1.807) is 23.9 Å². The molecule has 1 saturated heterocycles. The fraction of sp³-hybridized carbons (Fsp3) is 0.588. The van der Waals surface area contributed by atoms with Crippen molar-refractivity contribution in [2.45, 2.75) is 51.5 Å². The van der Waals surface area contributed by atoms with Crippen molar-refractivity contribution in [3.63, 3.8) is 0 Å². The number of aromatic nitrogens is 3. The molecule has 1 fully saturated rings. The van der Waals surface area contributed by atoms with Crippen LogP contribution in [0.25, 0.3) is 0 Å². The SMILES string of the molecule is CC(C)c1csc([C@H]2CCCN(C(=O)[C@H](C)n3ccnc3)C2)n1. The summed E-state index contributed by atoms with van der Waals surface area (Å²) in [5.41, 5.74) is 1.17. The molecule has 6 heteroatoms. The molecule has 2 atom stereocenters. The molecule has 1 amide bonds. The molecule has 5 nitrogen and oxygen atoms in total. The van der Waals surface area contributed by atoms with Gasteiger partial charge in [-0.05, 0) is 25.7 Å². The summed E-state index contributed by atoms with van der Waals surface area (Å²) in [4.78, 5) is 23.6. The fourth-order valence-corrected chi connectivity index (χ4v) is 4.13. The maximum atomic E-state index is 12.7. The minimum atomic E-state index is -0.196. The highest BCUT2D eigenvalue weighted by molar-refractivity contribution is 7.09. The number of piperidine rings is 1. The lowest BCUT2D eigenvalue weighted by Crippen LogP contribution is -2.42. The van der Waals surface area contributed by atoms with Crippen molar-refractivity contribution >= 4 is 17.2 Å². The number of imidazole rings is 1. The van der Waals surface area contributed by atoms with Crippen LogP contribution in [0.5, 0.6) is 0 Å². The molecule has 1 aliphatic heterocycles. The third-order valence-electron chi connectivity index (χ3n) is 4.54. The maximum Gasteiger partial charge on any atom is 0.245 e. The highest BCUT2D eigenvalue weighted by Crippen LogP contribution is 2.31. The second-order valence-electron chi connectivity index (χ2n) is 6.57. The number of carbonyl (C=O) groups is 1. The second kappa shape index (κ2) is 6.83. The van der Waals surface area contributed by atoms with E-state index >= 15 is 0 Å². The summed E-state index contributed by atoms with van der Waals surface area (Å²) in [5, 5.41) is 3.34. The molecule has 0 aromatic carbocycles. The van der Waals surface area contributed by atoms with E-state index in [0.717, 1.165) is 25.9 Å². The van der Waals surface area contributed by atoms with E-state index in [4.69, 9.17) is 4.98 Å². The van der Waals surface area contributed by atoms with Gasteiger partial charge in [-0.25, -0.2) is 9.97 Å². The first-order valence-corrected chi connectivity index (χ1v) is 9.15. The minimum absolute atomic E-state index is 0.174. The summed E-state index contributed by atoms with van der Waals surface area (Å²) in [6.45, 7) is 7.90. The zero-order valence-corrected chi connectivity index (χ0v) is 14.8. The smallest absolute Gasteiger partial charge is 0.245 e. The summed E-state index contributed by atoms with van der Waals surface area (Å²) >= 11 is 1.74. The van der Waals surface area contributed by atoms with Crippen molar-refractivity contribution in [1.29, 1.82) is 0 Å². The molecule has 0 saturated carbocycles. The Morgan fingerprint density at radius 2 is 2.22 bits per heavy atom. The number of likely N-dealkylation sites (tertiary alicyclic amines) is 1. The lowest BCUT2D eigenvalue weighted by Gasteiger charge is -2.33. The first-order valence-electron chi connectivity index (χ1n) is 8.27. The van der Waals surface area contributed by atoms with Crippen LogP contribution in [-0.2, 0) is 4.79 Å². The predicted molar refractivity (Wildman–Crippen MR) is 91.7 cm³/mol. The van der Waals surface area contributed by atoms with Gasteiger partial charge in [0.15, 0.2) is 0 Å². The van der Waals surface area contributed by atoms with Crippen LogP contribution in [0.1, 0.15) is 62.2 Å². The average molecular weight is 332 g/mol. The van der Waals surface area contributed by atoms with Crippen LogP contribution in [0.2, 0.25) is 0 Å². The molecular formula is C17H24N4OS. The molecule has 124 valence electrons. The van der Waals surface area contributed by atoms with Crippen LogP contribution in [0.3, 0.4) is 0 Å². The van der Waals surface area contributed by atoms with Gasteiger partial charge in [0.05, 0.1) is 17.0 Å². The zero-order valence-electron chi connectivity index (χ0n) is 14.0. The Labute approximate surface area is 141 Å². The average Bonchev–Trinajstić information content (AvgIpc) is 3.25. The van der Waals surface area contributed by atoms with Crippen molar-refractivity contribution in [3.05, 3.63) is 34.8 Å². The van der Waals surface area contributed by atoms with Gasteiger partial charge in [0.25, 0.3) is 0 Å². The Balaban J connectivity index is 1.69. The molecule has 23 heavy (non-hydrogen) atoms. The number of hydrogen-bond donors (Lipinski definition) is 0. The van der Waals surface area contributed by atoms with E-state index in [1.165, 1.54) is 10.7 Å². The summed E-state index contributed by atoms with van der Waals surface area (Å²) in [7, 11) is 0. The van der Waals surface area contributed by atoms with E-state index in [9.17, 15) is 4.79 Å². The van der Waals surface area contributed by atoms with Gasteiger partial charge in [-0.15, -0.1) is 11.3 Å². The molecule has 0 aliphatic carbocycles. The van der Waals surface area contributed by atoms with Crippen LogP contribution in [0, 0.1) is 0 Å². The van der Waals surface area contributed by atoms with E-state index in [1.807, 2.05) is 22.6 Å². The third kappa shape index (κ3) is 3.47. The van der Waals surface area contributed by atoms with Crippen LogP contribution >= 0.6 is 11.3 Å². The molecule has 0 spiro atoms. The molecule has 3 heterocycles. The molecule has 0 unspecified atom stereocenters. The first kappa shape index (κ1) is 16.2. The van der Waals surface area contributed by atoms with E-state index in [2.05, 4.69) is 24.2 Å². The van der Waals surface area contributed by atoms with Gasteiger partial charge in [-0.2, -0.15) is 0 Å². The second-order valence-corrected chi connectivity index (χ2v) is 7.46. The van der Waals surface area contributed by atoms with Crippen molar-refractivity contribution < 1.29 is 4.79 Å². The van der Waals surface area contributed by atoms with Gasteiger partial charge in [0.1, 0.15) is 6.04 Å². The number of nitrogens with zero attached hydrogens (tertiary/aromatic N) is 4. The van der Waals surface area contributed by atoms with Crippen LogP contribution < -0.4 is 0 Å². The third-order valence-corrected chi connectivity index (χ3v) is 5.57. The van der Waals surface area contributed by atoms with Gasteiger partial charge >= 0.3 is 0 Å². The molecule has 0 N–H and O–H groups in total. The normalized spacial score (nSPS) is 20.0. The van der Waals surface area contributed by atoms with Crippen molar-refractivity contribution in [2.24, 2.45) is 0 Å². The topological polar surface area (TPSA) is 51.0 Å². The molecule has 0 radical (unpaired) electrons. The molecule has 0 bridgehead atoms. The van der Waals surface area contributed by atoms with Gasteiger partial charge in [0.2, 0.25) is 5.91 Å². The fourth-order valence-electron chi connectivity index (χ4n) is 3.02. The van der Waals surface area contributed by atoms with Crippen molar-refractivity contribution in [1.82, 2.24) is 19.4 Å². The Morgan fingerprint density at radius 3 is 2.87 bits per heavy atom. The monoisotopic (exact) mass is 332 g/mol. The lowest BCUT2D eigenvalue weighted by molar-refractivity contribution is -0.135. The van der Waals surface area contributed by atoms with Gasteiger partial charge in [0, 0.05) is 36.8 Å². The van der Waals surface area contributed by atoms with Crippen LogP contribution in [0.15, 0.2) is 24.1 Å². The number of thiazole rings is 1. The summed E-state index contributed by atoms with van der Waals surface area (Å²) in [6, 6.07) is -0.196. The predicted octanol–water partition coefficient (Wildman–Crippen LogP) is 3.43. The number of rotatable bonds is 4. The quantitative estimate of drug-likeness (QED) is 0.862. The minimum Gasteiger partial charge on any atom is -0.340 e. The van der Waals surface area contributed by atoms with Crippen LogP contribution in [0.4, 0.5) is 0 Å². The lowest BCUT2D eigenvalue weighted by atomic mass is 9.98. The largest absolute Gasteiger partial charge is 0.340 e. The number of carbonyl (C=O) groups excluding carboxylic acids is 1. The molecule has 2 aromatic rings. The first-order chi connectivity index (χ1) is 11.1. The Kier molecular flexibility index (Phi) is 4.80. The van der Waals surface area contributed by atoms with E-state index in [-0.39, 0.29) is 11.9 Å². The highest BCUT2D eigenvalue weighted by Gasteiger charge is 2.29. The summed E-state index contributed by atoms with van der Waals surface area (Å²) in [6.07, 6.45) is 7.43. The number of amides is 1. The Bertz CT molecular complexity index is 649. The van der Waals surface area contributed by atoms with E-state index in [0.29, 0.717) is 11.8 Å². The van der Waals surface area contributed by atoms with Crippen LogP contribution in [-0.4, -0.2) is 38.4 Å². The van der Waals surface area contributed by atoms with Gasteiger partial charge in [-0.1, -0.05) is 13.8 Å². The zero-order chi connectivity index (χ0) is 16.4. The summed E-state index contributed by atoms with van der Waals surface area (Å²) in [5.74, 6) is 1.01. The Morgan fingerprint density at radius 1 is 1.39 bits per heavy atom. The standard InChI is InChI=1S/C17H24N4OS/c1-12(2)15-10-23-16(19-15)14-5-4-7-20(9-14)17(22)13(3)21-8-6-18-11-21/h6,8,10-14H,4-5,7,9H2,1-3H3/t13-,14-/m0/s1. The Hall–Kier alpha value is -1.69. The number of hydrogen-bond acceptors (Lipinski definition) is 4. The van der Waals surface area contributed by atoms with Crippen molar-refractivity contribution in [2.75, 3.05) is 13.1 Å². The van der Waals surface area contributed by atoms with Gasteiger partial charge in [-0.3, -0.25) is 4.79 Å². The van der Waals surface area contributed by atoms with E-state index < -0.39 is 0 Å². The van der Waals surface area contributed by atoms with Crippen molar-refractivity contribution in [3.8, 4) is 0 Å². The molecule has 2 aromatic heterocycles.